The predicted molar refractivity (Wildman–Crippen MR) is 58.1 cm³/mol. The Hall–Kier alpha value is -0.247. The van der Waals surface area contributed by atoms with Gasteiger partial charge in [0, 0.05) is 0 Å². The van der Waals surface area contributed by atoms with Crippen LogP contribution in [0.4, 0.5) is 0 Å². The van der Waals surface area contributed by atoms with Crippen molar-refractivity contribution < 1.29 is 8.56 Å². The molecule has 0 amide bonds. The molecule has 0 fully saturated rings. The summed E-state index contributed by atoms with van der Waals surface area (Å²) in [6, 6.07) is 0. The molecule has 0 unspecified atom stereocenters. The van der Waals surface area contributed by atoms with Crippen LogP contribution in [0.25, 0.3) is 0 Å². The van der Waals surface area contributed by atoms with Gasteiger partial charge in [-0.1, -0.05) is 0 Å². The van der Waals surface area contributed by atoms with Gasteiger partial charge in [-0.3, -0.25) is 0 Å². The van der Waals surface area contributed by atoms with E-state index in [1.807, 2.05) is 6.92 Å². The number of carbonyl (C=O) groups is 1. The fraction of sp³-hybridized carbons (Fsp3) is 0.700. The summed E-state index contributed by atoms with van der Waals surface area (Å²) in [4.78, 5) is 11.3. The molecular weight excluding hydrogens is 225 g/mol. The van der Waals surface area contributed by atoms with Crippen LogP contribution in [0.1, 0.15) is 27.7 Å². The third-order valence-corrected chi connectivity index (χ3v) is 12.0. The molecular formula is C10H20GeO2. The molecule has 0 aliphatic carbocycles. The van der Waals surface area contributed by atoms with E-state index in [0.29, 0.717) is 0 Å². The predicted octanol–water partition coefficient (Wildman–Crippen LogP) is 3.11. The van der Waals surface area contributed by atoms with E-state index < -0.39 is 13.6 Å². The zero-order valence-electron chi connectivity index (χ0n) is 9.09. The summed E-state index contributed by atoms with van der Waals surface area (Å²) in [7, 11) is 0. The summed E-state index contributed by atoms with van der Waals surface area (Å²) in [5, 5.41) is 3.20. The van der Waals surface area contributed by atoms with Crippen LogP contribution in [-0.2, 0) is 8.56 Å². The number of carbonyl (C=O) groups excluding carboxylic acids is 1. The van der Waals surface area contributed by atoms with Gasteiger partial charge in [0.25, 0.3) is 0 Å². The van der Waals surface area contributed by atoms with Crippen molar-refractivity contribution in [1.29, 1.82) is 0 Å². The topological polar surface area (TPSA) is 26.3 Å². The maximum atomic E-state index is 11.3. The van der Waals surface area contributed by atoms with Gasteiger partial charge in [0.15, 0.2) is 0 Å². The quantitative estimate of drug-likeness (QED) is 0.549. The molecule has 0 aromatic rings. The molecule has 13 heavy (non-hydrogen) atoms. The van der Waals surface area contributed by atoms with Crippen molar-refractivity contribution in [3.05, 3.63) is 12.2 Å². The van der Waals surface area contributed by atoms with Crippen LogP contribution >= 0.6 is 0 Å². The van der Waals surface area contributed by atoms with Gasteiger partial charge < -0.3 is 0 Å². The number of rotatable bonds is 5. The van der Waals surface area contributed by atoms with Crippen LogP contribution < -0.4 is 0 Å². The van der Waals surface area contributed by atoms with Crippen molar-refractivity contribution in [2.24, 2.45) is 0 Å². The molecule has 0 N–H and O–H groups in total. The molecule has 0 rings (SSSR count). The molecule has 0 heterocycles. The first kappa shape index (κ1) is 12.8. The van der Waals surface area contributed by atoms with E-state index in [0.717, 1.165) is 15.8 Å². The molecule has 0 aromatic carbocycles. The zero-order chi connectivity index (χ0) is 10.3. The van der Waals surface area contributed by atoms with Crippen LogP contribution in [-0.4, -0.2) is 19.6 Å². The van der Waals surface area contributed by atoms with Crippen molar-refractivity contribution >= 4 is 19.6 Å². The molecule has 0 saturated heterocycles. The van der Waals surface area contributed by atoms with Gasteiger partial charge in [-0.25, -0.2) is 0 Å². The molecule has 3 heteroatoms. The second kappa shape index (κ2) is 6.24. The Bertz CT molecular complexity index is 175. The minimum atomic E-state index is -2.23. The van der Waals surface area contributed by atoms with Gasteiger partial charge in [0.2, 0.25) is 0 Å². The van der Waals surface area contributed by atoms with Crippen molar-refractivity contribution in [3.8, 4) is 0 Å². The third-order valence-electron chi connectivity index (χ3n) is 2.55. The van der Waals surface area contributed by atoms with Crippen LogP contribution in [0.3, 0.4) is 0 Å². The standard InChI is InChI=1S/C10H20GeO2/c1-5-9-10(12)13-11(6-2,7-3)8-4/h5,9H,6-8H2,1-4H3/b9-5+. The minimum absolute atomic E-state index is 0.145. The summed E-state index contributed by atoms with van der Waals surface area (Å²) in [6.45, 7) is 8.24. The van der Waals surface area contributed by atoms with Crippen molar-refractivity contribution in [3.63, 3.8) is 0 Å². The van der Waals surface area contributed by atoms with E-state index in [1.165, 1.54) is 6.08 Å². The van der Waals surface area contributed by atoms with Crippen LogP contribution in [0.2, 0.25) is 15.8 Å². The third kappa shape index (κ3) is 3.98. The van der Waals surface area contributed by atoms with E-state index in [1.54, 1.807) is 6.08 Å². The second-order valence-corrected chi connectivity index (χ2v) is 13.0. The van der Waals surface area contributed by atoms with Crippen LogP contribution in [0, 0.1) is 0 Å². The molecule has 0 aliphatic heterocycles. The van der Waals surface area contributed by atoms with Gasteiger partial charge >= 0.3 is 83.7 Å². The average molecular weight is 245 g/mol. The van der Waals surface area contributed by atoms with E-state index in [4.69, 9.17) is 3.76 Å². The van der Waals surface area contributed by atoms with E-state index in [9.17, 15) is 4.79 Å². The Kier molecular flexibility index (Phi) is 6.12. The van der Waals surface area contributed by atoms with E-state index in [-0.39, 0.29) is 5.97 Å². The fourth-order valence-corrected chi connectivity index (χ4v) is 6.44. The maximum absolute atomic E-state index is 11.3. The molecule has 76 valence electrons. The Labute approximate surface area is 84.1 Å². The second-order valence-electron chi connectivity index (χ2n) is 3.16. The molecule has 0 bridgehead atoms. The van der Waals surface area contributed by atoms with E-state index in [2.05, 4.69) is 20.8 Å². The van der Waals surface area contributed by atoms with Crippen molar-refractivity contribution in [2.45, 2.75) is 43.5 Å². The van der Waals surface area contributed by atoms with Crippen LogP contribution in [0.5, 0.6) is 0 Å². The SMILES string of the molecule is C/C=C/C(=O)[O][Ge]([CH2]C)([CH2]C)[CH2]C. The first-order chi connectivity index (χ1) is 6.14. The molecule has 0 radical (unpaired) electrons. The summed E-state index contributed by atoms with van der Waals surface area (Å²) in [5.41, 5.74) is 0. The van der Waals surface area contributed by atoms with Gasteiger partial charge in [-0.2, -0.15) is 0 Å². The Morgan fingerprint density at radius 1 is 1.23 bits per heavy atom. The van der Waals surface area contributed by atoms with Gasteiger partial charge in [-0.05, 0) is 0 Å². The molecule has 0 spiro atoms. The normalized spacial score (nSPS) is 12.0. The zero-order valence-corrected chi connectivity index (χ0v) is 11.2. The van der Waals surface area contributed by atoms with Gasteiger partial charge in [0.05, 0.1) is 0 Å². The molecule has 0 aliphatic rings. The summed E-state index contributed by atoms with van der Waals surface area (Å²) in [6.07, 6.45) is 3.25. The van der Waals surface area contributed by atoms with Gasteiger partial charge in [-0.15, -0.1) is 0 Å². The Morgan fingerprint density at radius 2 is 1.69 bits per heavy atom. The molecule has 0 aromatic heterocycles. The fourth-order valence-electron chi connectivity index (χ4n) is 1.35. The first-order valence-electron chi connectivity index (χ1n) is 4.99. The molecule has 0 saturated carbocycles. The Morgan fingerprint density at radius 3 is 2.00 bits per heavy atom. The average Bonchev–Trinajstić information content (AvgIpc) is 2.15. The van der Waals surface area contributed by atoms with Crippen molar-refractivity contribution in [1.82, 2.24) is 0 Å². The van der Waals surface area contributed by atoms with E-state index >= 15 is 0 Å². The number of hydrogen-bond donors (Lipinski definition) is 0. The van der Waals surface area contributed by atoms with Crippen molar-refractivity contribution in [2.75, 3.05) is 0 Å². The monoisotopic (exact) mass is 246 g/mol. The number of allylic oxidation sites excluding steroid dienone is 1. The first-order valence-corrected chi connectivity index (χ1v) is 10.3. The molecule has 0 atom stereocenters. The summed E-state index contributed by atoms with van der Waals surface area (Å²) < 4.78 is 5.59. The summed E-state index contributed by atoms with van der Waals surface area (Å²) >= 11 is -2.23. The van der Waals surface area contributed by atoms with Gasteiger partial charge in [0.1, 0.15) is 0 Å². The molecule has 2 nitrogen and oxygen atoms in total. The summed E-state index contributed by atoms with van der Waals surface area (Å²) in [5.74, 6) is -0.145. The number of hydrogen-bond acceptors (Lipinski definition) is 2. The van der Waals surface area contributed by atoms with Crippen LogP contribution in [0.15, 0.2) is 12.2 Å². The Balaban J connectivity index is 4.32.